The number of carbonyl (C=O) groups excluding carboxylic acids is 1. The number of ketones is 1. The number of hydrogen-bond acceptors (Lipinski definition) is 6. The largest absolute Gasteiger partial charge is 0.480 e. The molecule has 0 fully saturated rings. The van der Waals surface area contributed by atoms with E-state index in [-0.39, 0.29) is 23.8 Å². The van der Waals surface area contributed by atoms with Crippen molar-refractivity contribution in [2.75, 3.05) is 0 Å². The first-order chi connectivity index (χ1) is 13.7. The van der Waals surface area contributed by atoms with E-state index in [0.29, 0.717) is 24.2 Å². The van der Waals surface area contributed by atoms with Gasteiger partial charge in [-0.05, 0) is 24.8 Å². The average Bonchev–Trinajstić information content (AvgIpc) is 3.06. The van der Waals surface area contributed by atoms with Gasteiger partial charge in [-0.2, -0.15) is 0 Å². The van der Waals surface area contributed by atoms with E-state index in [2.05, 4.69) is 10.3 Å². The maximum absolute atomic E-state index is 11.9. The van der Waals surface area contributed by atoms with E-state index in [4.69, 9.17) is 0 Å². The van der Waals surface area contributed by atoms with Crippen molar-refractivity contribution >= 4 is 17.4 Å². The minimum absolute atomic E-state index is 0.00719. The normalized spacial score (nSPS) is 13.2. The minimum atomic E-state index is -1.05. The molecule has 29 heavy (non-hydrogen) atoms. The summed E-state index contributed by atoms with van der Waals surface area (Å²) in [6.07, 6.45) is 3.81. The number of nitro benzene ring substituents is 1. The van der Waals surface area contributed by atoms with Gasteiger partial charge in [-0.15, -0.1) is 0 Å². The second-order valence-corrected chi connectivity index (χ2v) is 7.49. The molecule has 0 aliphatic carbocycles. The molecule has 0 amide bonds. The van der Waals surface area contributed by atoms with E-state index >= 15 is 0 Å². The quantitative estimate of drug-likeness (QED) is 0.436. The van der Waals surface area contributed by atoms with Crippen molar-refractivity contribution in [2.24, 2.45) is 5.92 Å². The number of nitrogens with zero attached hydrogens (tertiary/aromatic N) is 3. The summed E-state index contributed by atoms with van der Waals surface area (Å²) in [5, 5.41) is 23.6. The molecular formula is C20H26N4O5. The third-order valence-corrected chi connectivity index (χ3v) is 4.58. The fourth-order valence-electron chi connectivity index (χ4n) is 3.12. The van der Waals surface area contributed by atoms with Gasteiger partial charge in [-0.1, -0.05) is 26.0 Å². The Morgan fingerprint density at radius 1 is 1.31 bits per heavy atom. The number of carbonyl (C=O) groups is 2. The number of aliphatic carboxylic acids is 1. The molecule has 2 N–H and O–H groups in total. The number of carboxylic acid groups (broad SMARTS) is 1. The third-order valence-electron chi connectivity index (χ3n) is 4.58. The first-order valence-electron chi connectivity index (χ1n) is 9.39. The molecule has 0 aliphatic rings. The first kappa shape index (κ1) is 22.2. The summed E-state index contributed by atoms with van der Waals surface area (Å²) < 4.78 is 1.75. The maximum Gasteiger partial charge on any atom is 0.321 e. The molecule has 2 aromatic rings. The van der Waals surface area contributed by atoms with Gasteiger partial charge in [-0.25, -0.2) is 4.98 Å². The Morgan fingerprint density at radius 3 is 2.62 bits per heavy atom. The lowest BCUT2D eigenvalue weighted by molar-refractivity contribution is -0.384. The highest BCUT2D eigenvalue weighted by molar-refractivity contribution is 5.83. The van der Waals surface area contributed by atoms with Gasteiger partial charge in [0.2, 0.25) is 0 Å². The van der Waals surface area contributed by atoms with Gasteiger partial charge in [-0.3, -0.25) is 25.0 Å². The van der Waals surface area contributed by atoms with Crippen molar-refractivity contribution < 1.29 is 19.6 Å². The van der Waals surface area contributed by atoms with E-state index in [9.17, 15) is 24.8 Å². The van der Waals surface area contributed by atoms with Crippen LogP contribution in [0.25, 0.3) is 0 Å². The predicted octanol–water partition coefficient (Wildman–Crippen LogP) is 2.43. The van der Waals surface area contributed by atoms with Crippen LogP contribution in [-0.4, -0.2) is 43.4 Å². The highest BCUT2D eigenvalue weighted by atomic mass is 16.6. The smallest absolute Gasteiger partial charge is 0.321 e. The molecule has 2 atom stereocenters. The Balaban J connectivity index is 2.17. The van der Waals surface area contributed by atoms with Crippen LogP contribution in [0.3, 0.4) is 0 Å². The minimum Gasteiger partial charge on any atom is -0.480 e. The standard InChI is InChI=1S/C20H26N4O5/c1-13(2)7-18(14(3)25)22-19(20(26)27)9-17-10-21-12-23(17)11-15-5-4-6-16(8-15)24(28)29/h4-6,8,10,12-13,18-19,22H,7,9,11H2,1-3H3,(H,26,27)/t18?,19-/m0/s1. The Labute approximate surface area is 168 Å². The molecule has 1 unspecified atom stereocenters. The van der Waals surface area contributed by atoms with E-state index in [0.717, 1.165) is 0 Å². The molecule has 1 heterocycles. The Kier molecular flexibility index (Phi) is 7.60. The number of rotatable bonds is 11. The number of aromatic nitrogens is 2. The molecule has 1 aromatic heterocycles. The lowest BCUT2D eigenvalue weighted by Crippen LogP contribution is -2.48. The Hall–Kier alpha value is -3.07. The van der Waals surface area contributed by atoms with Crippen LogP contribution < -0.4 is 5.32 Å². The lowest BCUT2D eigenvalue weighted by Gasteiger charge is -2.23. The van der Waals surface area contributed by atoms with Crippen LogP contribution in [0.15, 0.2) is 36.8 Å². The molecular weight excluding hydrogens is 376 g/mol. The van der Waals surface area contributed by atoms with Gasteiger partial charge in [0, 0.05) is 37.0 Å². The van der Waals surface area contributed by atoms with E-state index in [1.165, 1.54) is 19.1 Å². The van der Waals surface area contributed by atoms with Gasteiger partial charge in [0.25, 0.3) is 5.69 Å². The lowest BCUT2D eigenvalue weighted by atomic mass is 9.99. The Morgan fingerprint density at radius 2 is 2.03 bits per heavy atom. The number of hydrogen-bond donors (Lipinski definition) is 2. The molecule has 0 radical (unpaired) electrons. The maximum atomic E-state index is 11.9. The first-order valence-corrected chi connectivity index (χ1v) is 9.39. The molecule has 0 aliphatic heterocycles. The second-order valence-electron chi connectivity index (χ2n) is 7.49. The SMILES string of the molecule is CC(=O)C(CC(C)C)N[C@@H](Cc1cncn1Cc1cccc([N+](=O)[O-])c1)C(=O)O. The third kappa shape index (κ3) is 6.49. The summed E-state index contributed by atoms with van der Waals surface area (Å²) in [7, 11) is 0. The van der Waals surface area contributed by atoms with Gasteiger partial charge >= 0.3 is 5.97 Å². The van der Waals surface area contributed by atoms with Gasteiger partial charge < -0.3 is 9.67 Å². The molecule has 0 saturated carbocycles. The summed E-state index contributed by atoms with van der Waals surface area (Å²) >= 11 is 0. The van der Waals surface area contributed by atoms with Gasteiger partial charge in [0.1, 0.15) is 11.8 Å². The summed E-state index contributed by atoms with van der Waals surface area (Å²) in [4.78, 5) is 38.3. The summed E-state index contributed by atoms with van der Waals surface area (Å²) in [5.41, 5.74) is 1.36. The van der Waals surface area contributed by atoms with E-state index < -0.39 is 23.0 Å². The number of nitrogens with one attached hydrogen (secondary N) is 1. The number of nitro groups is 1. The Bertz CT molecular complexity index is 877. The number of carboxylic acids is 1. The average molecular weight is 402 g/mol. The number of benzene rings is 1. The molecule has 0 saturated heterocycles. The van der Waals surface area contributed by atoms with Gasteiger partial charge in [0.05, 0.1) is 17.3 Å². The van der Waals surface area contributed by atoms with Crippen LogP contribution in [0, 0.1) is 16.0 Å². The van der Waals surface area contributed by atoms with E-state index in [1.807, 2.05) is 13.8 Å². The van der Waals surface area contributed by atoms with Crippen LogP contribution in [0.5, 0.6) is 0 Å². The molecule has 1 aromatic carbocycles. The van der Waals surface area contributed by atoms with Crippen molar-refractivity contribution in [1.29, 1.82) is 0 Å². The van der Waals surface area contributed by atoms with Crippen molar-refractivity contribution in [3.63, 3.8) is 0 Å². The summed E-state index contributed by atoms with van der Waals surface area (Å²) in [5.74, 6) is -0.914. The number of Topliss-reactive ketones (excluding diaryl/α,β-unsaturated/α-hetero) is 1. The van der Waals surface area contributed by atoms with Crippen molar-refractivity contribution in [2.45, 2.75) is 52.2 Å². The molecule has 9 nitrogen and oxygen atoms in total. The number of imidazole rings is 1. The highest BCUT2D eigenvalue weighted by Gasteiger charge is 2.26. The van der Waals surface area contributed by atoms with Crippen LogP contribution >= 0.6 is 0 Å². The summed E-state index contributed by atoms with van der Waals surface area (Å²) in [6, 6.07) is 4.77. The molecule has 0 spiro atoms. The molecule has 0 bridgehead atoms. The fourth-order valence-corrected chi connectivity index (χ4v) is 3.12. The highest BCUT2D eigenvalue weighted by Crippen LogP contribution is 2.16. The molecule has 9 heteroatoms. The fraction of sp³-hybridized carbons (Fsp3) is 0.450. The zero-order chi connectivity index (χ0) is 21.6. The van der Waals surface area contributed by atoms with Crippen LogP contribution in [-0.2, 0) is 22.6 Å². The topological polar surface area (TPSA) is 127 Å². The van der Waals surface area contributed by atoms with Crippen molar-refractivity contribution in [3.05, 3.63) is 58.2 Å². The zero-order valence-corrected chi connectivity index (χ0v) is 16.7. The second kappa shape index (κ2) is 9.92. The zero-order valence-electron chi connectivity index (χ0n) is 16.7. The molecule has 2 rings (SSSR count). The monoisotopic (exact) mass is 402 g/mol. The van der Waals surface area contributed by atoms with E-state index in [1.54, 1.807) is 29.2 Å². The summed E-state index contributed by atoms with van der Waals surface area (Å²) in [6.45, 7) is 5.72. The molecule has 156 valence electrons. The van der Waals surface area contributed by atoms with Crippen LogP contribution in [0.2, 0.25) is 0 Å². The predicted molar refractivity (Wildman–Crippen MR) is 107 cm³/mol. The van der Waals surface area contributed by atoms with Crippen LogP contribution in [0.1, 0.15) is 38.4 Å². The van der Waals surface area contributed by atoms with Crippen molar-refractivity contribution in [1.82, 2.24) is 14.9 Å². The number of non-ortho nitro benzene ring substituents is 1. The van der Waals surface area contributed by atoms with Crippen LogP contribution in [0.4, 0.5) is 5.69 Å². The van der Waals surface area contributed by atoms with Crippen molar-refractivity contribution in [3.8, 4) is 0 Å². The van der Waals surface area contributed by atoms with Gasteiger partial charge in [0.15, 0.2) is 0 Å².